The van der Waals surface area contributed by atoms with Crippen LogP contribution < -0.4 is 20.7 Å². The molecule has 1 aliphatic heterocycles. The Morgan fingerprint density at radius 2 is 1.82 bits per heavy atom. The van der Waals surface area contributed by atoms with Crippen molar-refractivity contribution in [1.82, 2.24) is 15.5 Å². The fourth-order valence-electron chi connectivity index (χ4n) is 4.43. The Bertz CT molecular complexity index is 1180. The van der Waals surface area contributed by atoms with E-state index in [1.165, 1.54) is 6.92 Å². The smallest absolute Gasteiger partial charge is 0.250 e. The highest BCUT2D eigenvalue weighted by Gasteiger charge is 2.37. The first kappa shape index (κ1) is 27.3. The summed E-state index contributed by atoms with van der Waals surface area (Å²) < 4.78 is 32.0. The highest BCUT2D eigenvalue weighted by atomic mass is 19.1. The van der Waals surface area contributed by atoms with Gasteiger partial charge < -0.3 is 15.4 Å². The number of quaternary nitrogens is 1. The quantitative estimate of drug-likeness (QED) is 0.325. The Morgan fingerprint density at radius 3 is 2.45 bits per heavy atom. The second-order valence-corrected chi connectivity index (χ2v) is 9.83. The van der Waals surface area contributed by atoms with Crippen molar-refractivity contribution in [2.24, 2.45) is 5.92 Å². The highest BCUT2D eigenvalue weighted by molar-refractivity contribution is 5.92. The molecule has 3 amide bonds. The molecule has 0 aromatic heterocycles. The van der Waals surface area contributed by atoms with Gasteiger partial charge in [-0.05, 0) is 68.0 Å². The summed E-state index contributed by atoms with van der Waals surface area (Å²) in [6, 6.07) is 8.73. The van der Waals surface area contributed by atoms with Gasteiger partial charge in [-0.2, -0.15) is 0 Å². The van der Waals surface area contributed by atoms with Gasteiger partial charge in [-0.3, -0.25) is 24.6 Å². The van der Waals surface area contributed by atoms with Crippen LogP contribution in [0.5, 0.6) is 5.75 Å². The van der Waals surface area contributed by atoms with Crippen molar-refractivity contribution < 1.29 is 33.2 Å². The first-order valence-corrected chi connectivity index (χ1v) is 12.7. The minimum atomic E-state index is -0.945. The van der Waals surface area contributed by atoms with E-state index in [-0.39, 0.29) is 24.1 Å². The monoisotopic (exact) mass is 527 g/mol. The molecule has 1 aliphatic carbocycles. The molecule has 0 spiro atoms. The number of rotatable bonds is 10. The van der Waals surface area contributed by atoms with E-state index >= 15 is 0 Å². The molecule has 4 rings (SSSR count). The van der Waals surface area contributed by atoms with Crippen LogP contribution in [0.2, 0.25) is 0 Å². The van der Waals surface area contributed by atoms with Crippen molar-refractivity contribution in [3.63, 3.8) is 0 Å². The fraction of sp³-hybridized carbons (Fsp3) is 0.393. The summed E-state index contributed by atoms with van der Waals surface area (Å²) in [7, 11) is 1.61. The lowest BCUT2D eigenvalue weighted by Gasteiger charge is -2.30. The van der Waals surface area contributed by atoms with Gasteiger partial charge in [0.25, 0.3) is 0 Å². The number of ether oxygens (including phenoxy) is 1. The van der Waals surface area contributed by atoms with Crippen LogP contribution in [0.4, 0.5) is 14.5 Å². The summed E-state index contributed by atoms with van der Waals surface area (Å²) in [5.74, 6) is -1.63. The average molecular weight is 528 g/mol. The maximum atomic E-state index is 13.6. The van der Waals surface area contributed by atoms with Gasteiger partial charge >= 0.3 is 0 Å². The SMILES string of the molecule is COc1ccc([NH2+]C2C=CC[C@H](NC(=O)C(C)NC(=O)Cc3cc(F)cc(F)c3)C(=O)N2CC2CC2)cc1. The summed E-state index contributed by atoms with van der Waals surface area (Å²) >= 11 is 0. The molecule has 1 saturated carbocycles. The summed E-state index contributed by atoms with van der Waals surface area (Å²) in [4.78, 5) is 40.6. The molecule has 2 aromatic rings. The Hall–Kier alpha value is -3.79. The van der Waals surface area contributed by atoms with E-state index in [0.29, 0.717) is 18.9 Å². The Kier molecular flexibility index (Phi) is 8.73. The standard InChI is InChI=1S/C28H32F2N4O4/c1-17(31-26(35)14-19-12-20(29)15-21(30)13-19)27(36)33-24-4-3-5-25(34(28(24)37)16-18-6-7-18)32-22-8-10-23(38-2)11-9-22/h3,5,8-13,15,17-18,24-25,32H,4,6-7,14,16H2,1-2H3,(H,31,35)(H,33,36)/p+1/t17?,24-,25?/m0/s1. The number of hydrogen-bond acceptors (Lipinski definition) is 4. The predicted molar refractivity (Wildman–Crippen MR) is 136 cm³/mol. The molecule has 10 heteroatoms. The van der Waals surface area contributed by atoms with Gasteiger partial charge in [0.05, 0.1) is 13.5 Å². The van der Waals surface area contributed by atoms with Crippen molar-refractivity contribution in [1.29, 1.82) is 0 Å². The van der Waals surface area contributed by atoms with Crippen LogP contribution in [0.15, 0.2) is 54.6 Å². The number of hydrogen-bond donors (Lipinski definition) is 3. The molecule has 0 saturated heterocycles. The molecule has 2 unspecified atom stereocenters. The first-order chi connectivity index (χ1) is 18.2. The van der Waals surface area contributed by atoms with Gasteiger partial charge in [0.1, 0.15) is 35.2 Å². The van der Waals surface area contributed by atoms with Gasteiger partial charge in [-0.1, -0.05) is 6.08 Å². The van der Waals surface area contributed by atoms with Gasteiger partial charge in [-0.25, -0.2) is 8.78 Å². The number of nitrogens with two attached hydrogens (primary N) is 1. The maximum Gasteiger partial charge on any atom is 0.250 e. The van der Waals surface area contributed by atoms with Crippen LogP contribution in [0, 0.1) is 17.6 Å². The number of nitrogens with one attached hydrogen (secondary N) is 2. The zero-order chi connectivity index (χ0) is 27.2. The number of halogens is 2. The first-order valence-electron chi connectivity index (χ1n) is 12.7. The van der Waals surface area contributed by atoms with Crippen LogP contribution in [0.1, 0.15) is 31.7 Å². The lowest BCUT2D eigenvalue weighted by molar-refractivity contribution is -0.619. The third-order valence-corrected chi connectivity index (χ3v) is 6.65. The Morgan fingerprint density at radius 1 is 1.13 bits per heavy atom. The van der Waals surface area contributed by atoms with Crippen molar-refractivity contribution in [3.05, 3.63) is 71.8 Å². The van der Waals surface area contributed by atoms with E-state index in [0.717, 1.165) is 42.5 Å². The number of methoxy groups -OCH3 is 1. The number of benzene rings is 2. The zero-order valence-electron chi connectivity index (χ0n) is 21.5. The second-order valence-electron chi connectivity index (χ2n) is 9.83. The van der Waals surface area contributed by atoms with E-state index in [1.807, 2.05) is 41.7 Å². The zero-order valence-corrected chi connectivity index (χ0v) is 21.5. The van der Waals surface area contributed by atoms with Crippen molar-refractivity contribution in [2.45, 2.75) is 50.9 Å². The molecule has 0 bridgehead atoms. The average Bonchev–Trinajstić information content (AvgIpc) is 3.70. The topological polar surface area (TPSA) is 104 Å². The van der Waals surface area contributed by atoms with E-state index in [9.17, 15) is 23.2 Å². The molecule has 38 heavy (non-hydrogen) atoms. The molecule has 202 valence electrons. The van der Waals surface area contributed by atoms with Crippen LogP contribution in [-0.4, -0.2) is 54.5 Å². The van der Waals surface area contributed by atoms with Gasteiger partial charge in [0.15, 0.2) is 6.17 Å². The maximum absolute atomic E-state index is 13.6. The molecule has 1 fully saturated rings. The summed E-state index contributed by atoms with van der Waals surface area (Å²) in [6.07, 6.45) is 5.78. The predicted octanol–water partition coefficient (Wildman–Crippen LogP) is 1.93. The lowest BCUT2D eigenvalue weighted by atomic mass is 10.1. The normalized spacial score (nSPS) is 20.0. The lowest BCUT2D eigenvalue weighted by Crippen LogP contribution is -2.88. The second kappa shape index (κ2) is 12.2. The molecule has 4 N–H and O–H groups in total. The largest absolute Gasteiger partial charge is 0.497 e. The fourth-order valence-corrected chi connectivity index (χ4v) is 4.43. The van der Waals surface area contributed by atoms with Gasteiger partial charge in [0, 0.05) is 24.7 Å². The van der Waals surface area contributed by atoms with E-state index in [1.54, 1.807) is 12.0 Å². The molecule has 8 nitrogen and oxygen atoms in total. The van der Waals surface area contributed by atoms with E-state index < -0.39 is 35.5 Å². The summed E-state index contributed by atoms with van der Waals surface area (Å²) in [5, 5.41) is 7.32. The number of nitrogens with zero attached hydrogens (tertiary/aromatic N) is 1. The number of carbonyl (C=O) groups is 3. The third kappa shape index (κ3) is 7.38. The van der Waals surface area contributed by atoms with Crippen LogP contribution >= 0.6 is 0 Å². The van der Waals surface area contributed by atoms with E-state index in [2.05, 4.69) is 10.6 Å². The van der Waals surface area contributed by atoms with Crippen LogP contribution in [0.3, 0.4) is 0 Å². The van der Waals surface area contributed by atoms with Gasteiger partial charge in [-0.15, -0.1) is 0 Å². The molecular formula is C28H33F2N4O4+. The van der Waals surface area contributed by atoms with Crippen molar-refractivity contribution in [3.8, 4) is 5.75 Å². The highest BCUT2D eigenvalue weighted by Crippen LogP contribution is 2.31. The van der Waals surface area contributed by atoms with Crippen molar-refractivity contribution in [2.75, 3.05) is 13.7 Å². The molecular weight excluding hydrogens is 494 g/mol. The molecule has 2 aromatic carbocycles. The molecule has 3 atom stereocenters. The molecule has 1 heterocycles. The van der Waals surface area contributed by atoms with E-state index in [4.69, 9.17) is 4.74 Å². The third-order valence-electron chi connectivity index (χ3n) is 6.65. The minimum Gasteiger partial charge on any atom is -0.497 e. The van der Waals surface area contributed by atoms with Crippen molar-refractivity contribution >= 4 is 23.4 Å². The number of carbonyl (C=O) groups excluding carboxylic acids is 3. The minimum absolute atomic E-state index is 0.159. The molecule has 2 aliphatic rings. The van der Waals surface area contributed by atoms with Crippen LogP contribution in [-0.2, 0) is 20.8 Å². The summed E-state index contributed by atoms with van der Waals surface area (Å²) in [6.45, 7) is 2.10. The van der Waals surface area contributed by atoms with Gasteiger partial charge in [0.2, 0.25) is 17.7 Å². The summed E-state index contributed by atoms with van der Waals surface area (Å²) in [5.41, 5.74) is 1.11. The Balaban J connectivity index is 1.37. The molecule has 0 radical (unpaired) electrons. The Labute approximate surface area is 220 Å². The van der Waals surface area contributed by atoms with Crippen LogP contribution in [0.25, 0.3) is 0 Å². The number of amides is 3.